The molecule has 0 radical (unpaired) electrons. The SMILES string of the molecule is CC(O)c1nc2c(s1)CN(C)CC2. The molecular weight excluding hydrogens is 184 g/mol. The summed E-state index contributed by atoms with van der Waals surface area (Å²) in [4.78, 5) is 8.03. The molecule has 1 unspecified atom stereocenters. The van der Waals surface area contributed by atoms with Crippen LogP contribution < -0.4 is 0 Å². The van der Waals surface area contributed by atoms with Crippen LogP contribution in [0.3, 0.4) is 0 Å². The van der Waals surface area contributed by atoms with E-state index in [1.807, 2.05) is 0 Å². The van der Waals surface area contributed by atoms with Crippen molar-refractivity contribution in [1.82, 2.24) is 9.88 Å². The Morgan fingerprint density at radius 1 is 1.62 bits per heavy atom. The highest BCUT2D eigenvalue weighted by Crippen LogP contribution is 2.27. The van der Waals surface area contributed by atoms with Crippen molar-refractivity contribution in [2.24, 2.45) is 0 Å². The van der Waals surface area contributed by atoms with Gasteiger partial charge in [-0.25, -0.2) is 4.98 Å². The van der Waals surface area contributed by atoms with E-state index in [-0.39, 0.29) is 0 Å². The number of nitrogens with zero attached hydrogens (tertiary/aromatic N) is 2. The van der Waals surface area contributed by atoms with E-state index < -0.39 is 6.10 Å². The lowest BCUT2D eigenvalue weighted by Gasteiger charge is -2.20. The normalized spacial score (nSPS) is 19.9. The zero-order valence-electron chi connectivity index (χ0n) is 7.95. The monoisotopic (exact) mass is 198 g/mol. The zero-order chi connectivity index (χ0) is 9.42. The quantitative estimate of drug-likeness (QED) is 0.736. The molecular formula is C9H14N2OS. The Hall–Kier alpha value is -0.450. The van der Waals surface area contributed by atoms with Crippen LogP contribution in [0.2, 0.25) is 0 Å². The fourth-order valence-corrected chi connectivity index (χ4v) is 2.65. The summed E-state index contributed by atoms with van der Waals surface area (Å²) in [5.41, 5.74) is 1.19. The van der Waals surface area contributed by atoms with Gasteiger partial charge >= 0.3 is 0 Å². The van der Waals surface area contributed by atoms with Crippen molar-refractivity contribution < 1.29 is 5.11 Å². The first-order valence-electron chi connectivity index (χ1n) is 4.52. The second kappa shape index (κ2) is 3.36. The third kappa shape index (κ3) is 1.75. The molecule has 3 nitrogen and oxygen atoms in total. The number of likely N-dealkylation sites (N-methyl/N-ethyl adjacent to an activating group) is 1. The molecule has 0 spiro atoms. The smallest absolute Gasteiger partial charge is 0.122 e. The molecule has 0 saturated carbocycles. The van der Waals surface area contributed by atoms with Crippen molar-refractivity contribution in [3.8, 4) is 0 Å². The summed E-state index contributed by atoms with van der Waals surface area (Å²) in [5, 5.41) is 10.2. The summed E-state index contributed by atoms with van der Waals surface area (Å²) < 4.78 is 0. The lowest BCUT2D eigenvalue weighted by atomic mass is 10.2. The molecule has 0 aromatic carbocycles. The number of aliphatic hydroxyl groups is 1. The van der Waals surface area contributed by atoms with Crippen molar-refractivity contribution >= 4 is 11.3 Å². The van der Waals surface area contributed by atoms with Crippen LogP contribution in [-0.4, -0.2) is 28.6 Å². The average molecular weight is 198 g/mol. The molecule has 0 amide bonds. The van der Waals surface area contributed by atoms with E-state index in [0.29, 0.717) is 0 Å². The van der Waals surface area contributed by atoms with Gasteiger partial charge < -0.3 is 10.0 Å². The van der Waals surface area contributed by atoms with E-state index in [4.69, 9.17) is 0 Å². The molecule has 1 aliphatic heterocycles. The topological polar surface area (TPSA) is 36.4 Å². The van der Waals surface area contributed by atoms with E-state index in [1.165, 1.54) is 10.6 Å². The summed E-state index contributed by atoms with van der Waals surface area (Å²) in [6.07, 6.45) is 0.607. The Morgan fingerprint density at radius 2 is 2.38 bits per heavy atom. The van der Waals surface area contributed by atoms with Gasteiger partial charge in [0.25, 0.3) is 0 Å². The van der Waals surface area contributed by atoms with Gasteiger partial charge in [-0.2, -0.15) is 0 Å². The Bertz CT molecular complexity index is 309. The number of aliphatic hydroxyl groups excluding tert-OH is 1. The Balaban J connectivity index is 2.28. The van der Waals surface area contributed by atoms with Crippen LogP contribution in [0.4, 0.5) is 0 Å². The minimum absolute atomic E-state index is 0.416. The predicted molar refractivity (Wildman–Crippen MR) is 52.8 cm³/mol. The molecule has 0 aliphatic carbocycles. The first-order chi connectivity index (χ1) is 6.16. The van der Waals surface area contributed by atoms with Crippen molar-refractivity contribution in [1.29, 1.82) is 0 Å². The predicted octanol–water partition coefficient (Wildman–Crippen LogP) is 1.18. The van der Waals surface area contributed by atoms with Gasteiger partial charge in [-0.05, 0) is 14.0 Å². The molecule has 0 bridgehead atoms. The van der Waals surface area contributed by atoms with Gasteiger partial charge in [0.15, 0.2) is 0 Å². The Kier molecular flexibility index (Phi) is 2.36. The van der Waals surface area contributed by atoms with Crippen LogP contribution in [0, 0.1) is 0 Å². The molecule has 1 N–H and O–H groups in total. The average Bonchev–Trinajstić information content (AvgIpc) is 2.46. The second-order valence-electron chi connectivity index (χ2n) is 3.59. The minimum atomic E-state index is -0.416. The largest absolute Gasteiger partial charge is 0.386 e. The number of hydrogen-bond donors (Lipinski definition) is 1. The molecule has 0 fully saturated rings. The fourth-order valence-electron chi connectivity index (χ4n) is 1.52. The molecule has 4 heteroatoms. The first-order valence-corrected chi connectivity index (χ1v) is 5.33. The molecule has 2 heterocycles. The maximum atomic E-state index is 9.37. The summed E-state index contributed by atoms with van der Waals surface area (Å²) in [6.45, 7) is 3.84. The number of hydrogen-bond acceptors (Lipinski definition) is 4. The third-order valence-corrected chi connectivity index (χ3v) is 3.55. The number of rotatable bonds is 1. The Labute approximate surface area is 82.0 Å². The van der Waals surface area contributed by atoms with Gasteiger partial charge in [0, 0.05) is 24.4 Å². The minimum Gasteiger partial charge on any atom is -0.386 e. The lowest BCUT2D eigenvalue weighted by molar-refractivity contribution is 0.198. The molecule has 13 heavy (non-hydrogen) atoms. The van der Waals surface area contributed by atoms with Crippen molar-refractivity contribution in [2.45, 2.75) is 26.0 Å². The number of thiazole rings is 1. The van der Waals surface area contributed by atoms with Gasteiger partial charge in [0.2, 0.25) is 0 Å². The van der Waals surface area contributed by atoms with Crippen LogP contribution in [-0.2, 0) is 13.0 Å². The van der Waals surface area contributed by atoms with Gasteiger partial charge in [-0.15, -0.1) is 11.3 Å². The highest BCUT2D eigenvalue weighted by molar-refractivity contribution is 7.11. The van der Waals surface area contributed by atoms with E-state index in [2.05, 4.69) is 16.9 Å². The highest BCUT2D eigenvalue weighted by Gasteiger charge is 2.19. The molecule has 72 valence electrons. The molecule has 0 saturated heterocycles. The maximum absolute atomic E-state index is 9.37. The number of fused-ring (bicyclic) bond motifs is 1. The van der Waals surface area contributed by atoms with Crippen LogP contribution in [0.1, 0.15) is 28.6 Å². The second-order valence-corrected chi connectivity index (χ2v) is 4.70. The van der Waals surface area contributed by atoms with Gasteiger partial charge in [0.1, 0.15) is 11.1 Å². The van der Waals surface area contributed by atoms with E-state index >= 15 is 0 Å². The van der Waals surface area contributed by atoms with E-state index in [0.717, 1.165) is 24.5 Å². The van der Waals surface area contributed by atoms with Gasteiger partial charge in [-0.1, -0.05) is 0 Å². The summed E-state index contributed by atoms with van der Waals surface area (Å²) in [6, 6.07) is 0. The summed E-state index contributed by atoms with van der Waals surface area (Å²) in [7, 11) is 2.12. The standard InChI is InChI=1S/C9H14N2OS/c1-6(12)9-10-7-3-4-11(2)5-8(7)13-9/h6,12H,3-5H2,1-2H3. The van der Waals surface area contributed by atoms with Crippen LogP contribution in [0.15, 0.2) is 0 Å². The molecule has 2 rings (SSSR count). The third-order valence-electron chi connectivity index (χ3n) is 2.30. The van der Waals surface area contributed by atoms with E-state index in [1.54, 1.807) is 18.3 Å². The molecule has 1 aliphatic rings. The first kappa shape index (κ1) is 9.12. The van der Waals surface area contributed by atoms with Crippen molar-refractivity contribution in [3.63, 3.8) is 0 Å². The Morgan fingerprint density at radius 3 is 3.08 bits per heavy atom. The maximum Gasteiger partial charge on any atom is 0.122 e. The van der Waals surface area contributed by atoms with E-state index in [9.17, 15) is 5.11 Å². The number of aromatic nitrogens is 1. The fraction of sp³-hybridized carbons (Fsp3) is 0.667. The van der Waals surface area contributed by atoms with Crippen LogP contribution in [0.25, 0.3) is 0 Å². The lowest BCUT2D eigenvalue weighted by Crippen LogP contribution is -2.25. The molecule has 1 atom stereocenters. The van der Waals surface area contributed by atoms with Gasteiger partial charge in [0.05, 0.1) is 5.69 Å². The van der Waals surface area contributed by atoms with Gasteiger partial charge in [-0.3, -0.25) is 0 Å². The summed E-state index contributed by atoms with van der Waals surface area (Å²) >= 11 is 1.64. The molecule has 1 aromatic rings. The van der Waals surface area contributed by atoms with Crippen molar-refractivity contribution in [2.75, 3.05) is 13.6 Å². The van der Waals surface area contributed by atoms with Crippen molar-refractivity contribution in [3.05, 3.63) is 15.6 Å². The molecule has 1 aromatic heterocycles. The zero-order valence-corrected chi connectivity index (χ0v) is 8.77. The van der Waals surface area contributed by atoms with Crippen LogP contribution in [0.5, 0.6) is 0 Å². The van der Waals surface area contributed by atoms with Crippen LogP contribution >= 0.6 is 11.3 Å². The highest BCUT2D eigenvalue weighted by atomic mass is 32.1. The summed E-state index contributed by atoms with van der Waals surface area (Å²) in [5.74, 6) is 0.